The average molecular weight is 561 g/mol. The number of amides is 1. The predicted octanol–water partition coefficient (Wildman–Crippen LogP) is 3.98. The Kier molecular flexibility index (Phi) is 9.11. The Labute approximate surface area is 210 Å². The van der Waals surface area contributed by atoms with Crippen LogP contribution in [0.2, 0.25) is 0 Å². The highest BCUT2D eigenvalue weighted by atomic mass is 127. The summed E-state index contributed by atoms with van der Waals surface area (Å²) in [4.78, 5) is 20.6. The molecule has 0 spiro atoms. The Morgan fingerprint density at radius 2 is 2.03 bits per heavy atom. The van der Waals surface area contributed by atoms with E-state index in [1.807, 2.05) is 55.5 Å². The normalized spacial score (nSPS) is 12.9. The number of guanidine groups is 1. The van der Waals surface area contributed by atoms with Gasteiger partial charge in [-0.25, -0.2) is 9.98 Å². The van der Waals surface area contributed by atoms with Crippen molar-refractivity contribution in [3.8, 4) is 17.2 Å². The third-order valence-electron chi connectivity index (χ3n) is 4.95. The molecule has 0 fully saturated rings. The van der Waals surface area contributed by atoms with Crippen LogP contribution in [0.1, 0.15) is 24.6 Å². The molecule has 0 bridgehead atoms. The third-order valence-corrected chi connectivity index (χ3v) is 4.95. The summed E-state index contributed by atoms with van der Waals surface area (Å²) in [6, 6.07) is 15.5. The number of halogens is 1. The van der Waals surface area contributed by atoms with E-state index in [1.165, 1.54) is 0 Å². The maximum Gasteiger partial charge on any atom is 0.226 e. The highest BCUT2D eigenvalue weighted by molar-refractivity contribution is 14.0. The summed E-state index contributed by atoms with van der Waals surface area (Å²) in [5.74, 6) is 2.13. The molecule has 33 heavy (non-hydrogen) atoms. The van der Waals surface area contributed by atoms with Gasteiger partial charge in [0.25, 0.3) is 0 Å². The molecule has 1 amide bonds. The second kappa shape index (κ2) is 12.2. The lowest BCUT2D eigenvalue weighted by Crippen LogP contribution is -2.39. The molecule has 0 atom stereocenters. The summed E-state index contributed by atoms with van der Waals surface area (Å²) in [5, 5.41) is 9.37. The van der Waals surface area contributed by atoms with Crippen LogP contribution >= 0.6 is 24.0 Å². The van der Waals surface area contributed by atoms with Gasteiger partial charge in [0.05, 0.1) is 13.1 Å². The van der Waals surface area contributed by atoms with Gasteiger partial charge in [0.15, 0.2) is 5.96 Å². The van der Waals surface area contributed by atoms with Crippen molar-refractivity contribution in [3.63, 3.8) is 0 Å². The van der Waals surface area contributed by atoms with Gasteiger partial charge in [-0.15, -0.1) is 24.0 Å². The lowest BCUT2D eigenvalue weighted by Gasteiger charge is -2.18. The van der Waals surface area contributed by atoms with Crippen molar-refractivity contribution >= 4 is 41.5 Å². The molecule has 2 heterocycles. The number of carbonyl (C=O) groups excluding carboxylic acids is 1. The standard InChI is InChI=1S/C24H27N5O3.HI/c1-2-25-24(27-15-19-16-32-23(28-19)17-6-4-3-5-7-17)26-12-13-31-20-9-10-21-18(14-20)8-11-22(30)29-21;/h3-7,9-10,14,16H,2,8,11-13,15H2,1H3,(H,29,30)(H2,25,26,27);1H. The number of aryl methyl sites for hydroxylation is 1. The summed E-state index contributed by atoms with van der Waals surface area (Å²) in [6.45, 7) is 4.25. The molecule has 0 saturated carbocycles. The number of fused-ring (bicyclic) bond motifs is 1. The molecule has 0 aliphatic carbocycles. The number of aliphatic imine (C=N–C) groups is 1. The maximum atomic E-state index is 11.5. The number of hydrogen-bond acceptors (Lipinski definition) is 5. The fourth-order valence-corrected chi connectivity index (χ4v) is 3.38. The van der Waals surface area contributed by atoms with E-state index in [0.717, 1.165) is 41.2 Å². The molecule has 3 N–H and O–H groups in total. The van der Waals surface area contributed by atoms with Gasteiger partial charge in [-0.05, 0) is 49.2 Å². The Morgan fingerprint density at radius 1 is 1.18 bits per heavy atom. The molecule has 174 valence electrons. The number of benzene rings is 2. The van der Waals surface area contributed by atoms with Crippen molar-refractivity contribution in [3.05, 3.63) is 66.1 Å². The van der Waals surface area contributed by atoms with Crippen LogP contribution in [-0.2, 0) is 17.8 Å². The molecule has 9 heteroatoms. The Morgan fingerprint density at radius 3 is 2.85 bits per heavy atom. The van der Waals surface area contributed by atoms with Gasteiger partial charge in [-0.2, -0.15) is 0 Å². The van der Waals surface area contributed by atoms with Crippen LogP contribution in [-0.4, -0.2) is 36.5 Å². The molecule has 3 aromatic rings. The number of rotatable bonds is 8. The van der Waals surface area contributed by atoms with E-state index >= 15 is 0 Å². The molecular formula is C24H28IN5O3. The quantitative estimate of drug-likeness (QED) is 0.167. The molecule has 0 unspecified atom stereocenters. The summed E-state index contributed by atoms with van der Waals surface area (Å²) in [6.07, 6.45) is 2.89. The van der Waals surface area contributed by atoms with Crippen molar-refractivity contribution in [2.45, 2.75) is 26.3 Å². The minimum absolute atomic E-state index is 0. The lowest BCUT2D eigenvalue weighted by molar-refractivity contribution is -0.116. The molecule has 1 aliphatic heterocycles. The van der Waals surface area contributed by atoms with Crippen LogP contribution in [0, 0.1) is 0 Å². The minimum Gasteiger partial charge on any atom is -0.492 e. The smallest absolute Gasteiger partial charge is 0.226 e. The number of anilines is 1. The van der Waals surface area contributed by atoms with Gasteiger partial charge in [0, 0.05) is 24.2 Å². The predicted molar refractivity (Wildman–Crippen MR) is 139 cm³/mol. The SMILES string of the molecule is CCNC(=NCc1coc(-c2ccccc2)n1)NCCOc1ccc2c(c1)CCC(=O)N2.I. The fourth-order valence-electron chi connectivity index (χ4n) is 3.38. The highest BCUT2D eigenvalue weighted by Gasteiger charge is 2.15. The molecule has 4 rings (SSSR count). The first-order valence-electron chi connectivity index (χ1n) is 10.8. The Hall–Kier alpha value is -3.08. The summed E-state index contributed by atoms with van der Waals surface area (Å²) < 4.78 is 11.4. The van der Waals surface area contributed by atoms with E-state index in [0.29, 0.717) is 38.0 Å². The van der Waals surface area contributed by atoms with Crippen LogP contribution in [0.5, 0.6) is 5.75 Å². The minimum atomic E-state index is 0. The third kappa shape index (κ3) is 6.95. The van der Waals surface area contributed by atoms with Crippen LogP contribution < -0.4 is 20.7 Å². The van der Waals surface area contributed by atoms with Gasteiger partial charge in [0.2, 0.25) is 11.8 Å². The second-order valence-electron chi connectivity index (χ2n) is 7.35. The topological polar surface area (TPSA) is 101 Å². The lowest BCUT2D eigenvalue weighted by atomic mass is 10.0. The van der Waals surface area contributed by atoms with E-state index in [1.54, 1.807) is 6.26 Å². The van der Waals surface area contributed by atoms with Crippen molar-refractivity contribution < 1.29 is 13.9 Å². The first-order chi connectivity index (χ1) is 15.7. The monoisotopic (exact) mass is 561 g/mol. The maximum absolute atomic E-state index is 11.5. The van der Waals surface area contributed by atoms with E-state index in [4.69, 9.17) is 9.15 Å². The van der Waals surface area contributed by atoms with Crippen LogP contribution in [0.3, 0.4) is 0 Å². The van der Waals surface area contributed by atoms with Crippen LogP contribution in [0.15, 0.2) is 64.2 Å². The highest BCUT2D eigenvalue weighted by Crippen LogP contribution is 2.26. The van der Waals surface area contributed by atoms with Gasteiger partial charge in [-0.1, -0.05) is 18.2 Å². The molecular weight excluding hydrogens is 533 g/mol. The number of aromatic nitrogens is 1. The summed E-state index contributed by atoms with van der Waals surface area (Å²) in [5.41, 5.74) is 3.68. The van der Waals surface area contributed by atoms with Gasteiger partial charge < -0.3 is 25.1 Å². The average Bonchev–Trinajstić information content (AvgIpc) is 3.30. The molecule has 0 saturated heterocycles. The first-order valence-corrected chi connectivity index (χ1v) is 10.8. The van der Waals surface area contributed by atoms with Crippen LogP contribution in [0.4, 0.5) is 5.69 Å². The first kappa shape index (κ1) is 24.6. The van der Waals surface area contributed by atoms with Gasteiger partial charge in [0.1, 0.15) is 24.3 Å². The summed E-state index contributed by atoms with van der Waals surface area (Å²) >= 11 is 0. The number of ether oxygens (including phenoxy) is 1. The summed E-state index contributed by atoms with van der Waals surface area (Å²) in [7, 11) is 0. The van der Waals surface area contributed by atoms with E-state index in [2.05, 4.69) is 25.9 Å². The van der Waals surface area contributed by atoms with Crippen molar-refractivity contribution in [2.75, 3.05) is 25.0 Å². The van der Waals surface area contributed by atoms with Crippen molar-refractivity contribution in [1.82, 2.24) is 15.6 Å². The zero-order valence-electron chi connectivity index (χ0n) is 18.5. The number of carbonyl (C=O) groups is 1. The zero-order chi connectivity index (χ0) is 22.2. The van der Waals surface area contributed by atoms with Crippen LogP contribution in [0.25, 0.3) is 11.5 Å². The molecule has 1 aromatic heterocycles. The Bertz CT molecular complexity index is 1080. The van der Waals surface area contributed by atoms with E-state index in [9.17, 15) is 4.79 Å². The molecule has 8 nitrogen and oxygen atoms in total. The fraction of sp³-hybridized carbons (Fsp3) is 0.292. The number of nitrogens with one attached hydrogen (secondary N) is 3. The van der Waals surface area contributed by atoms with Gasteiger partial charge >= 0.3 is 0 Å². The van der Waals surface area contributed by atoms with Crippen molar-refractivity contribution in [1.29, 1.82) is 0 Å². The zero-order valence-corrected chi connectivity index (χ0v) is 20.8. The van der Waals surface area contributed by atoms with E-state index < -0.39 is 0 Å². The number of hydrogen-bond donors (Lipinski definition) is 3. The van der Waals surface area contributed by atoms with Crippen molar-refractivity contribution in [2.24, 2.45) is 4.99 Å². The Balaban J connectivity index is 0.00000306. The molecule has 2 aromatic carbocycles. The number of nitrogens with zero attached hydrogens (tertiary/aromatic N) is 2. The number of oxazole rings is 1. The van der Waals surface area contributed by atoms with Gasteiger partial charge in [-0.3, -0.25) is 4.79 Å². The molecule has 0 radical (unpaired) electrons. The largest absolute Gasteiger partial charge is 0.492 e. The second-order valence-corrected chi connectivity index (χ2v) is 7.35. The van der Waals surface area contributed by atoms with E-state index in [-0.39, 0.29) is 29.9 Å². The molecule has 1 aliphatic rings.